The molecule has 2 nitrogen and oxygen atoms in total. The molecule has 250 valence electrons. The second-order valence-corrected chi connectivity index (χ2v) is 12.0. The molecule has 0 N–H and O–H groups in total. The molecule has 0 radical (unpaired) electrons. The van der Waals surface area contributed by atoms with Gasteiger partial charge in [0.15, 0.2) is 0 Å². The van der Waals surface area contributed by atoms with Crippen molar-refractivity contribution in [3.05, 3.63) is 215 Å². The Hall–Kier alpha value is -5.34. The fraction of sp³-hybridized carbons (Fsp3) is 0.191. The maximum absolute atomic E-state index is 4.22. The van der Waals surface area contributed by atoms with Gasteiger partial charge in [0.1, 0.15) is 0 Å². The van der Waals surface area contributed by atoms with E-state index >= 15 is 0 Å². The number of hydrogen-bond donors (Lipinski definition) is 0. The third-order valence-electron chi connectivity index (χ3n) is 8.70. The van der Waals surface area contributed by atoms with E-state index in [-0.39, 0.29) is 0 Å². The minimum absolute atomic E-state index is 0.820. The number of rotatable bonds is 13. The van der Waals surface area contributed by atoms with Crippen LogP contribution < -0.4 is 4.90 Å². The Morgan fingerprint density at radius 2 is 1.59 bits per heavy atom. The summed E-state index contributed by atoms with van der Waals surface area (Å²) in [6.45, 7) is 12.7. The Kier molecular flexibility index (Phi) is 14.5. The van der Waals surface area contributed by atoms with Gasteiger partial charge in [-0.25, -0.2) is 0 Å². The predicted molar refractivity (Wildman–Crippen MR) is 217 cm³/mol. The van der Waals surface area contributed by atoms with Gasteiger partial charge in [0.05, 0.1) is 0 Å². The van der Waals surface area contributed by atoms with Crippen LogP contribution >= 0.6 is 0 Å². The summed E-state index contributed by atoms with van der Waals surface area (Å²) in [7, 11) is 2.15. The highest BCUT2D eigenvalue weighted by Crippen LogP contribution is 2.35. The summed E-state index contributed by atoms with van der Waals surface area (Å²) >= 11 is 0. The maximum Gasteiger partial charge on any atom is 0.0499 e. The van der Waals surface area contributed by atoms with Gasteiger partial charge >= 0.3 is 0 Å². The summed E-state index contributed by atoms with van der Waals surface area (Å²) in [6, 6.07) is 8.73. The van der Waals surface area contributed by atoms with E-state index in [9.17, 15) is 0 Å². The van der Waals surface area contributed by atoms with Crippen molar-refractivity contribution in [3.8, 4) is 0 Å². The van der Waals surface area contributed by atoms with Crippen molar-refractivity contribution in [3.63, 3.8) is 0 Å². The number of allylic oxidation sites excluding steroid dienone is 26. The van der Waals surface area contributed by atoms with Gasteiger partial charge in [-0.3, -0.25) is 0 Å². The van der Waals surface area contributed by atoms with E-state index in [1.165, 1.54) is 28.0 Å². The van der Waals surface area contributed by atoms with Crippen molar-refractivity contribution in [1.29, 1.82) is 0 Å². The van der Waals surface area contributed by atoms with Crippen LogP contribution in [0.1, 0.15) is 58.9 Å². The SMILES string of the molecule is C=C/C(=C\C(=C/C)N(C1=CC=C(N(C)c2ccc(/C=C/C=C\C=C/C)cc2)CC=C1)/C(=C/C=C\C)C1=C(C)C=CC=CC1)C1=CC=CCC1. The smallest absolute Gasteiger partial charge is 0.0499 e. The van der Waals surface area contributed by atoms with Crippen LogP contribution in [0.4, 0.5) is 5.69 Å². The van der Waals surface area contributed by atoms with Crippen molar-refractivity contribution in [2.45, 2.75) is 53.4 Å². The van der Waals surface area contributed by atoms with Crippen LogP contribution in [-0.2, 0) is 0 Å². The molecule has 1 aromatic carbocycles. The van der Waals surface area contributed by atoms with Crippen LogP contribution in [-0.4, -0.2) is 11.9 Å². The fourth-order valence-corrected chi connectivity index (χ4v) is 5.90. The zero-order valence-electron chi connectivity index (χ0n) is 30.0. The van der Waals surface area contributed by atoms with Crippen molar-refractivity contribution in [1.82, 2.24) is 4.90 Å². The topological polar surface area (TPSA) is 6.48 Å². The van der Waals surface area contributed by atoms with Gasteiger partial charge in [-0.1, -0.05) is 128 Å². The molecule has 0 amide bonds. The zero-order valence-corrected chi connectivity index (χ0v) is 30.0. The number of anilines is 1. The molecule has 2 heteroatoms. The molecule has 0 atom stereocenters. The van der Waals surface area contributed by atoms with Crippen LogP contribution in [0.5, 0.6) is 0 Å². The third kappa shape index (κ3) is 10.3. The van der Waals surface area contributed by atoms with E-state index in [4.69, 9.17) is 0 Å². The van der Waals surface area contributed by atoms with Crippen LogP contribution in [0.3, 0.4) is 0 Å². The molecule has 0 spiro atoms. The van der Waals surface area contributed by atoms with Gasteiger partial charge in [-0.15, -0.1) is 0 Å². The lowest BCUT2D eigenvalue weighted by atomic mass is 9.95. The number of hydrogen-bond acceptors (Lipinski definition) is 2. The first-order chi connectivity index (χ1) is 24.0. The van der Waals surface area contributed by atoms with E-state index in [1.54, 1.807) is 0 Å². The van der Waals surface area contributed by atoms with E-state index in [0.717, 1.165) is 54.0 Å². The quantitative estimate of drug-likeness (QED) is 0.197. The second kappa shape index (κ2) is 19.5. The highest BCUT2D eigenvalue weighted by molar-refractivity contribution is 5.60. The highest BCUT2D eigenvalue weighted by Gasteiger charge is 2.22. The molecule has 0 bridgehead atoms. The fourth-order valence-electron chi connectivity index (χ4n) is 5.90. The summed E-state index contributed by atoms with van der Waals surface area (Å²) < 4.78 is 0. The molecule has 0 saturated heterocycles. The average Bonchev–Trinajstić information content (AvgIpc) is 3.51. The third-order valence-corrected chi connectivity index (χ3v) is 8.70. The van der Waals surface area contributed by atoms with Gasteiger partial charge in [0.25, 0.3) is 0 Å². The molecule has 4 rings (SSSR count). The Bertz CT molecular complexity index is 1790. The second-order valence-electron chi connectivity index (χ2n) is 12.0. The largest absolute Gasteiger partial charge is 0.348 e. The lowest BCUT2D eigenvalue weighted by molar-refractivity contribution is 0.563. The van der Waals surface area contributed by atoms with Crippen molar-refractivity contribution < 1.29 is 0 Å². The van der Waals surface area contributed by atoms with E-state index in [1.807, 2.05) is 37.3 Å². The van der Waals surface area contributed by atoms with Crippen molar-refractivity contribution >= 4 is 11.8 Å². The Morgan fingerprint density at radius 1 is 0.796 bits per heavy atom. The Labute approximate surface area is 296 Å². The van der Waals surface area contributed by atoms with E-state index in [0.29, 0.717) is 0 Å². The molecule has 0 aliphatic heterocycles. The maximum atomic E-state index is 4.22. The summed E-state index contributed by atoms with van der Waals surface area (Å²) in [5, 5.41) is 0. The summed E-state index contributed by atoms with van der Waals surface area (Å²) in [5.74, 6) is 0. The molecule has 0 aromatic heterocycles. The summed E-state index contributed by atoms with van der Waals surface area (Å²) in [6.07, 6.45) is 53.5. The minimum atomic E-state index is 0.820. The van der Waals surface area contributed by atoms with E-state index in [2.05, 4.69) is 178 Å². The van der Waals surface area contributed by atoms with Gasteiger partial charge in [0, 0.05) is 41.9 Å². The normalized spacial score (nSPS) is 17.7. The van der Waals surface area contributed by atoms with Crippen molar-refractivity contribution in [2.75, 3.05) is 11.9 Å². The summed E-state index contributed by atoms with van der Waals surface area (Å²) in [4.78, 5) is 4.70. The Morgan fingerprint density at radius 3 is 2.31 bits per heavy atom. The molecule has 3 aliphatic rings. The Balaban J connectivity index is 1.78. The van der Waals surface area contributed by atoms with Crippen LogP contribution in [0.2, 0.25) is 0 Å². The zero-order chi connectivity index (χ0) is 34.8. The number of nitrogens with zero attached hydrogens (tertiary/aromatic N) is 2. The average molecular weight is 645 g/mol. The molecule has 0 heterocycles. The first-order valence-corrected chi connectivity index (χ1v) is 17.4. The predicted octanol–water partition coefficient (Wildman–Crippen LogP) is 12.9. The van der Waals surface area contributed by atoms with E-state index < -0.39 is 0 Å². The lowest BCUT2D eigenvalue weighted by Crippen LogP contribution is -2.22. The monoisotopic (exact) mass is 644 g/mol. The number of benzene rings is 1. The molecule has 0 fully saturated rings. The van der Waals surface area contributed by atoms with Crippen LogP contribution in [0.25, 0.3) is 6.08 Å². The first-order valence-electron chi connectivity index (χ1n) is 17.4. The molecular formula is C47H52N2. The highest BCUT2D eigenvalue weighted by atomic mass is 15.2. The lowest BCUT2D eigenvalue weighted by Gasteiger charge is -2.32. The molecular weight excluding hydrogens is 593 g/mol. The van der Waals surface area contributed by atoms with Gasteiger partial charge < -0.3 is 9.80 Å². The molecule has 0 saturated carbocycles. The minimum Gasteiger partial charge on any atom is -0.348 e. The molecule has 0 unspecified atom stereocenters. The molecule has 1 aromatic rings. The molecule has 49 heavy (non-hydrogen) atoms. The molecule has 3 aliphatic carbocycles. The first kappa shape index (κ1) is 36.5. The van der Waals surface area contributed by atoms with Crippen LogP contribution in [0.15, 0.2) is 210 Å². The van der Waals surface area contributed by atoms with Crippen LogP contribution in [0, 0.1) is 0 Å². The summed E-state index contributed by atoms with van der Waals surface area (Å²) in [5.41, 5.74) is 11.9. The standard InChI is InChI=1S/C47H52N2/c1-7-11-13-14-18-24-39-31-33-44(34-32-39)48(6)43-27-22-28-45(36-35-43)49(42(10-4)37-40(9-3)41-25-19-16-20-26-41)47(30-12-8-2)46-29-21-15-17-23-38(46)5/h7-19,21-25,28,30-37H,3,20,26-27,29H2,1-2,4-6H3/b11-7-,12-8-,14-13-,24-18+,40-37+,42-10+,47-30+. The van der Waals surface area contributed by atoms with Crippen molar-refractivity contribution in [2.24, 2.45) is 0 Å². The van der Waals surface area contributed by atoms with Gasteiger partial charge in [0.2, 0.25) is 0 Å². The van der Waals surface area contributed by atoms with Gasteiger partial charge in [-0.05, 0) is 117 Å². The van der Waals surface area contributed by atoms with Gasteiger partial charge in [-0.2, -0.15) is 0 Å².